The molecule has 1 heterocycles. The minimum atomic E-state index is -0.852. The van der Waals surface area contributed by atoms with Gasteiger partial charge in [0.05, 0.1) is 23.2 Å². The summed E-state index contributed by atoms with van der Waals surface area (Å²) >= 11 is 1.51. The van der Waals surface area contributed by atoms with Crippen molar-refractivity contribution in [3.63, 3.8) is 0 Å². The van der Waals surface area contributed by atoms with Crippen LogP contribution in [0.2, 0.25) is 0 Å². The number of aryl methyl sites for hydroxylation is 1. The van der Waals surface area contributed by atoms with Crippen LogP contribution in [-0.4, -0.2) is 27.5 Å². The molecule has 98 valence electrons. The van der Waals surface area contributed by atoms with Gasteiger partial charge in [0.1, 0.15) is 0 Å². The van der Waals surface area contributed by atoms with Crippen molar-refractivity contribution >= 4 is 23.2 Å². The molecular formula is C12H16N2O3S. The highest BCUT2D eigenvalue weighted by Crippen LogP contribution is 2.34. The normalized spacial score (nSPS) is 16.9. The molecule has 18 heavy (non-hydrogen) atoms. The highest BCUT2D eigenvalue weighted by molar-refractivity contribution is 7.07. The fourth-order valence-corrected chi connectivity index (χ4v) is 2.79. The van der Waals surface area contributed by atoms with Gasteiger partial charge < -0.3 is 10.4 Å². The molecule has 2 rings (SSSR count). The van der Waals surface area contributed by atoms with Gasteiger partial charge in [0.2, 0.25) is 5.91 Å². The number of aromatic nitrogens is 1. The van der Waals surface area contributed by atoms with E-state index in [0.29, 0.717) is 12.8 Å². The topological polar surface area (TPSA) is 79.3 Å². The Morgan fingerprint density at radius 1 is 1.50 bits per heavy atom. The monoisotopic (exact) mass is 268 g/mol. The predicted molar refractivity (Wildman–Crippen MR) is 67.4 cm³/mol. The second kappa shape index (κ2) is 5.48. The first kappa shape index (κ1) is 13.0. The van der Waals surface area contributed by atoms with Gasteiger partial charge in [0.15, 0.2) is 0 Å². The summed E-state index contributed by atoms with van der Waals surface area (Å²) in [4.78, 5) is 26.7. The molecule has 1 saturated carbocycles. The number of thiazole rings is 1. The van der Waals surface area contributed by atoms with Gasteiger partial charge in [-0.25, -0.2) is 4.98 Å². The number of carbonyl (C=O) groups excluding carboxylic acids is 1. The Hall–Kier alpha value is -1.43. The lowest BCUT2D eigenvalue weighted by atomic mass is 9.74. The Morgan fingerprint density at radius 3 is 2.78 bits per heavy atom. The van der Waals surface area contributed by atoms with Crippen LogP contribution in [-0.2, 0) is 16.0 Å². The van der Waals surface area contributed by atoms with E-state index in [2.05, 4.69) is 10.3 Å². The van der Waals surface area contributed by atoms with Crippen molar-refractivity contribution < 1.29 is 14.7 Å². The number of aliphatic carboxylic acids is 1. The van der Waals surface area contributed by atoms with E-state index >= 15 is 0 Å². The van der Waals surface area contributed by atoms with Gasteiger partial charge in [-0.1, -0.05) is 0 Å². The van der Waals surface area contributed by atoms with Gasteiger partial charge in [-0.05, 0) is 25.7 Å². The van der Waals surface area contributed by atoms with E-state index in [4.69, 9.17) is 5.11 Å². The van der Waals surface area contributed by atoms with Gasteiger partial charge in [0.25, 0.3) is 0 Å². The van der Waals surface area contributed by atoms with Crippen molar-refractivity contribution in [2.24, 2.45) is 0 Å². The fraction of sp³-hybridized carbons (Fsp3) is 0.583. The largest absolute Gasteiger partial charge is 0.481 e. The smallest absolute Gasteiger partial charge is 0.305 e. The quantitative estimate of drug-likeness (QED) is 0.821. The molecule has 0 bridgehead atoms. The van der Waals surface area contributed by atoms with Crippen LogP contribution >= 0.6 is 11.3 Å². The summed E-state index contributed by atoms with van der Waals surface area (Å²) in [5.74, 6) is -0.932. The summed E-state index contributed by atoms with van der Waals surface area (Å²) in [5.41, 5.74) is 2.16. The fourth-order valence-electron chi connectivity index (χ4n) is 2.20. The van der Waals surface area contributed by atoms with Gasteiger partial charge in [-0.2, -0.15) is 0 Å². The first-order valence-electron chi connectivity index (χ1n) is 6.00. The third-order valence-electron chi connectivity index (χ3n) is 3.30. The molecule has 1 aromatic rings. The Kier molecular flexibility index (Phi) is 3.96. The first-order chi connectivity index (χ1) is 8.60. The predicted octanol–water partition coefficient (Wildman–Crippen LogP) is 1.59. The second-order valence-corrected chi connectivity index (χ2v) is 5.45. The van der Waals surface area contributed by atoms with Crippen LogP contribution in [0, 0.1) is 0 Å². The molecule has 2 N–H and O–H groups in total. The molecule has 1 aromatic heterocycles. The summed E-state index contributed by atoms with van der Waals surface area (Å²) in [6.45, 7) is 0. The Labute approximate surface area is 109 Å². The Bertz CT molecular complexity index is 427. The molecule has 0 saturated heterocycles. The summed E-state index contributed by atoms with van der Waals surface area (Å²) in [6.07, 6.45) is 3.52. The van der Waals surface area contributed by atoms with E-state index in [9.17, 15) is 9.59 Å². The average Bonchev–Trinajstić information content (AvgIpc) is 2.75. The lowest BCUT2D eigenvalue weighted by Gasteiger charge is -2.41. The number of nitrogens with zero attached hydrogens (tertiary/aromatic N) is 1. The minimum absolute atomic E-state index is 0.0233. The van der Waals surface area contributed by atoms with Crippen molar-refractivity contribution in [1.82, 2.24) is 10.3 Å². The molecule has 6 heteroatoms. The maximum atomic E-state index is 11.8. The number of rotatable bonds is 6. The Balaban J connectivity index is 1.80. The number of carboxylic acids is 1. The molecule has 1 aliphatic rings. The van der Waals surface area contributed by atoms with Crippen LogP contribution in [0.4, 0.5) is 0 Å². The van der Waals surface area contributed by atoms with E-state index in [1.54, 1.807) is 5.51 Å². The maximum Gasteiger partial charge on any atom is 0.305 e. The first-order valence-corrected chi connectivity index (χ1v) is 6.94. The number of hydrogen-bond acceptors (Lipinski definition) is 4. The zero-order chi connectivity index (χ0) is 13.0. The maximum absolute atomic E-state index is 11.8. The lowest BCUT2D eigenvalue weighted by molar-refractivity contribution is -0.140. The summed E-state index contributed by atoms with van der Waals surface area (Å²) in [7, 11) is 0. The molecular weight excluding hydrogens is 252 g/mol. The SMILES string of the molecule is O=C(O)CC1(NC(=O)CCc2cscn2)CCC1. The third kappa shape index (κ3) is 3.29. The number of carboxylic acid groups (broad SMARTS) is 1. The van der Waals surface area contributed by atoms with Gasteiger partial charge >= 0.3 is 5.97 Å². The Morgan fingerprint density at radius 2 is 2.28 bits per heavy atom. The van der Waals surface area contributed by atoms with Crippen LogP contribution in [0.25, 0.3) is 0 Å². The highest BCUT2D eigenvalue weighted by Gasteiger charge is 2.40. The van der Waals surface area contributed by atoms with Gasteiger partial charge in [-0.15, -0.1) is 11.3 Å². The average molecular weight is 268 g/mol. The molecule has 5 nitrogen and oxygen atoms in total. The number of hydrogen-bond donors (Lipinski definition) is 2. The van der Waals surface area contributed by atoms with Crippen molar-refractivity contribution in [3.8, 4) is 0 Å². The third-order valence-corrected chi connectivity index (χ3v) is 3.93. The molecule has 0 aliphatic heterocycles. The van der Waals surface area contributed by atoms with E-state index < -0.39 is 11.5 Å². The molecule has 0 unspecified atom stereocenters. The molecule has 0 spiro atoms. The van der Waals surface area contributed by atoms with Crippen LogP contribution in [0.5, 0.6) is 0 Å². The minimum Gasteiger partial charge on any atom is -0.481 e. The van der Waals surface area contributed by atoms with Crippen molar-refractivity contribution in [2.45, 2.75) is 44.1 Å². The molecule has 1 amide bonds. The van der Waals surface area contributed by atoms with Crippen LogP contribution < -0.4 is 5.32 Å². The van der Waals surface area contributed by atoms with Crippen LogP contribution in [0.1, 0.15) is 37.8 Å². The van der Waals surface area contributed by atoms with E-state index in [1.165, 1.54) is 11.3 Å². The lowest BCUT2D eigenvalue weighted by Crippen LogP contribution is -2.54. The van der Waals surface area contributed by atoms with Crippen LogP contribution in [0.3, 0.4) is 0 Å². The number of amides is 1. The van der Waals surface area contributed by atoms with Gasteiger partial charge in [0, 0.05) is 11.8 Å². The van der Waals surface area contributed by atoms with E-state index in [0.717, 1.165) is 25.0 Å². The second-order valence-electron chi connectivity index (χ2n) is 4.73. The van der Waals surface area contributed by atoms with Gasteiger partial charge in [-0.3, -0.25) is 9.59 Å². The summed E-state index contributed by atoms with van der Waals surface area (Å²) in [5, 5.41) is 13.6. The number of carbonyl (C=O) groups is 2. The molecule has 1 aliphatic carbocycles. The van der Waals surface area contributed by atoms with E-state index in [1.807, 2.05) is 5.38 Å². The number of nitrogens with one attached hydrogen (secondary N) is 1. The summed E-state index contributed by atoms with van der Waals surface area (Å²) in [6, 6.07) is 0. The zero-order valence-electron chi connectivity index (χ0n) is 10.0. The standard InChI is InChI=1S/C12H16N2O3S/c15-10(3-2-9-7-18-8-13-9)14-12(4-1-5-12)6-11(16)17/h7-8H,1-6H2,(H,14,15)(H,16,17). The molecule has 0 aromatic carbocycles. The molecule has 0 radical (unpaired) electrons. The zero-order valence-corrected chi connectivity index (χ0v) is 10.8. The van der Waals surface area contributed by atoms with Crippen LogP contribution in [0.15, 0.2) is 10.9 Å². The summed E-state index contributed by atoms with van der Waals surface area (Å²) < 4.78 is 0. The molecule has 1 fully saturated rings. The van der Waals surface area contributed by atoms with E-state index in [-0.39, 0.29) is 12.3 Å². The highest BCUT2D eigenvalue weighted by atomic mass is 32.1. The van der Waals surface area contributed by atoms with Crippen molar-refractivity contribution in [3.05, 3.63) is 16.6 Å². The molecule has 0 atom stereocenters. The van der Waals surface area contributed by atoms with Crippen molar-refractivity contribution in [1.29, 1.82) is 0 Å². The van der Waals surface area contributed by atoms with Crippen molar-refractivity contribution in [2.75, 3.05) is 0 Å².